The van der Waals surface area contributed by atoms with Crippen LogP contribution in [0.25, 0.3) is 0 Å². The fraction of sp³-hybridized carbons (Fsp3) is 0.150. The SMILES string of the molecule is Cc1ccc(C(=O)c2ccccc2C(=O)OCc2cc(C)no2)cc1. The summed E-state index contributed by atoms with van der Waals surface area (Å²) in [5.41, 5.74) is 2.83. The molecule has 0 spiro atoms. The van der Waals surface area contributed by atoms with E-state index in [-0.39, 0.29) is 18.0 Å². The van der Waals surface area contributed by atoms with E-state index in [0.29, 0.717) is 22.6 Å². The molecule has 5 nitrogen and oxygen atoms in total. The maximum atomic E-state index is 12.7. The number of aryl methyl sites for hydroxylation is 2. The lowest BCUT2D eigenvalue weighted by molar-refractivity contribution is 0.0435. The summed E-state index contributed by atoms with van der Waals surface area (Å²) in [5.74, 6) is -0.346. The fourth-order valence-electron chi connectivity index (χ4n) is 2.42. The Bertz CT molecular complexity index is 909. The van der Waals surface area contributed by atoms with Crippen LogP contribution in [0.2, 0.25) is 0 Å². The van der Waals surface area contributed by atoms with Crippen LogP contribution >= 0.6 is 0 Å². The number of rotatable bonds is 5. The van der Waals surface area contributed by atoms with Crippen molar-refractivity contribution in [1.82, 2.24) is 5.16 Å². The number of carbonyl (C=O) groups is 2. The summed E-state index contributed by atoms with van der Waals surface area (Å²) in [7, 11) is 0. The molecule has 1 aromatic heterocycles. The molecule has 0 aliphatic heterocycles. The molecule has 0 unspecified atom stereocenters. The number of carbonyl (C=O) groups excluding carboxylic acids is 2. The molecule has 2 aromatic carbocycles. The Morgan fingerprint density at radius 2 is 1.68 bits per heavy atom. The van der Waals surface area contributed by atoms with Crippen molar-refractivity contribution in [3.8, 4) is 0 Å². The van der Waals surface area contributed by atoms with Gasteiger partial charge in [-0.2, -0.15) is 0 Å². The molecule has 0 radical (unpaired) electrons. The third-order valence-electron chi connectivity index (χ3n) is 3.73. The smallest absolute Gasteiger partial charge is 0.339 e. The lowest BCUT2D eigenvalue weighted by Crippen LogP contribution is -2.12. The second-order valence-corrected chi connectivity index (χ2v) is 5.75. The summed E-state index contributed by atoms with van der Waals surface area (Å²) in [6.45, 7) is 3.70. The van der Waals surface area contributed by atoms with Crippen molar-refractivity contribution in [2.45, 2.75) is 20.5 Å². The quantitative estimate of drug-likeness (QED) is 0.523. The minimum Gasteiger partial charge on any atom is -0.454 e. The molecule has 0 N–H and O–H groups in total. The molecule has 0 saturated heterocycles. The predicted molar refractivity (Wildman–Crippen MR) is 91.4 cm³/mol. The highest BCUT2D eigenvalue weighted by Crippen LogP contribution is 2.17. The molecule has 0 bridgehead atoms. The van der Waals surface area contributed by atoms with E-state index in [0.717, 1.165) is 5.56 Å². The third-order valence-corrected chi connectivity index (χ3v) is 3.73. The Hall–Kier alpha value is -3.21. The van der Waals surface area contributed by atoms with Crippen LogP contribution in [0.15, 0.2) is 59.1 Å². The number of aromatic nitrogens is 1. The molecular formula is C20H17NO4. The van der Waals surface area contributed by atoms with Gasteiger partial charge in [-0.05, 0) is 19.9 Å². The van der Waals surface area contributed by atoms with Crippen molar-refractivity contribution in [2.75, 3.05) is 0 Å². The van der Waals surface area contributed by atoms with Crippen LogP contribution in [0.5, 0.6) is 0 Å². The molecule has 3 aromatic rings. The standard InChI is InChI=1S/C20H17NO4/c1-13-7-9-15(10-8-13)19(22)17-5-3-4-6-18(17)20(23)24-12-16-11-14(2)21-25-16/h3-11H,12H2,1-2H3. The Kier molecular flexibility index (Phi) is 4.75. The van der Waals surface area contributed by atoms with E-state index in [2.05, 4.69) is 5.16 Å². The summed E-state index contributed by atoms with van der Waals surface area (Å²) in [6, 6.07) is 15.5. The van der Waals surface area contributed by atoms with Gasteiger partial charge in [-0.3, -0.25) is 4.79 Å². The molecular weight excluding hydrogens is 318 g/mol. The number of hydrogen-bond acceptors (Lipinski definition) is 5. The molecule has 0 saturated carbocycles. The molecule has 0 aliphatic carbocycles. The zero-order valence-electron chi connectivity index (χ0n) is 14.0. The summed E-state index contributed by atoms with van der Waals surface area (Å²) < 4.78 is 10.3. The molecule has 0 atom stereocenters. The average Bonchev–Trinajstić information content (AvgIpc) is 3.05. The minimum absolute atomic E-state index is 0.0350. The van der Waals surface area contributed by atoms with E-state index < -0.39 is 5.97 Å². The number of esters is 1. The van der Waals surface area contributed by atoms with Gasteiger partial charge in [-0.1, -0.05) is 53.2 Å². The second kappa shape index (κ2) is 7.13. The van der Waals surface area contributed by atoms with Gasteiger partial charge in [0.15, 0.2) is 18.2 Å². The minimum atomic E-state index is -0.579. The van der Waals surface area contributed by atoms with Crippen LogP contribution in [0, 0.1) is 13.8 Å². The first-order valence-electron chi connectivity index (χ1n) is 7.84. The lowest BCUT2D eigenvalue weighted by Gasteiger charge is -2.08. The fourth-order valence-corrected chi connectivity index (χ4v) is 2.42. The van der Waals surface area contributed by atoms with Crippen LogP contribution in [0.3, 0.4) is 0 Å². The van der Waals surface area contributed by atoms with Gasteiger partial charge < -0.3 is 9.26 Å². The molecule has 126 valence electrons. The number of ketones is 1. The molecule has 0 aliphatic rings. The van der Waals surface area contributed by atoms with Crippen molar-refractivity contribution in [1.29, 1.82) is 0 Å². The van der Waals surface area contributed by atoms with Gasteiger partial charge in [-0.25, -0.2) is 4.79 Å². The number of benzene rings is 2. The Balaban J connectivity index is 1.81. The summed E-state index contributed by atoms with van der Waals surface area (Å²) in [4.78, 5) is 25.1. The summed E-state index contributed by atoms with van der Waals surface area (Å²) >= 11 is 0. The predicted octanol–water partition coefficient (Wildman–Crippen LogP) is 3.88. The van der Waals surface area contributed by atoms with Gasteiger partial charge in [0.1, 0.15) is 0 Å². The van der Waals surface area contributed by atoms with Crippen molar-refractivity contribution >= 4 is 11.8 Å². The average molecular weight is 335 g/mol. The van der Waals surface area contributed by atoms with Crippen molar-refractivity contribution in [2.24, 2.45) is 0 Å². The molecule has 0 fully saturated rings. The molecule has 5 heteroatoms. The highest BCUT2D eigenvalue weighted by Gasteiger charge is 2.19. The Labute approximate surface area is 145 Å². The molecule has 25 heavy (non-hydrogen) atoms. The van der Waals surface area contributed by atoms with Crippen molar-refractivity contribution < 1.29 is 18.8 Å². The van der Waals surface area contributed by atoms with Gasteiger partial charge in [0.05, 0.1) is 11.3 Å². The number of hydrogen-bond donors (Lipinski definition) is 0. The maximum Gasteiger partial charge on any atom is 0.339 e. The van der Waals surface area contributed by atoms with E-state index in [9.17, 15) is 9.59 Å². The summed E-state index contributed by atoms with van der Waals surface area (Å²) in [5, 5.41) is 3.74. The second-order valence-electron chi connectivity index (χ2n) is 5.75. The van der Waals surface area contributed by atoms with Crippen LogP contribution in [0.1, 0.15) is 43.3 Å². The van der Waals surface area contributed by atoms with Crippen molar-refractivity contribution in [3.63, 3.8) is 0 Å². The van der Waals surface area contributed by atoms with Gasteiger partial charge in [0, 0.05) is 17.2 Å². The molecule has 1 heterocycles. The normalized spacial score (nSPS) is 10.5. The highest BCUT2D eigenvalue weighted by molar-refractivity contribution is 6.14. The van der Waals surface area contributed by atoms with Crippen LogP contribution in [-0.2, 0) is 11.3 Å². The maximum absolute atomic E-state index is 12.7. The van der Waals surface area contributed by atoms with E-state index in [1.54, 1.807) is 49.4 Å². The van der Waals surface area contributed by atoms with E-state index in [1.165, 1.54) is 0 Å². The van der Waals surface area contributed by atoms with Gasteiger partial charge >= 0.3 is 5.97 Å². The first kappa shape index (κ1) is 16.6. The zero-order valence-corrected chi connectivity index (χ0v) is 14.0. The largest absolute Gasteiger partial charge is 0.454 e. The van der Waals surface area contributed by atoms with E-state index >= 15 is 0 Å². The monoisotopic (exact) mass is 335 g/mol. The highest BCUT2D eigenvalue weighted by atomic mass is 16.5. The topological polar surface area (TPSA) is 69.4 Å². The number of ether oxygens (including phenoxy) is 1. The van der Waals surface area contributed by atoms with Gasteiger partial charge in [0.25, 0.3) is 0 Å². The van der Waals surface area contributed by atoms with Crippen molar-refractivity contribution in [3.05, 3.63) is 88.3 Å². The zero-order chi connectivity index (χ0) is 17.8. The molecule has 3 rings (SSSR count). The van der Waals surface area contributed by atoms with Crippen LogP contribution < -0.4 is 0 Å². The first-order valence-corrected chi connectivity index (χ1v) is 7.84. The van der Waals surface area contributed by atoms with Gasteiger partial charge in [0.2, 0.25) is 0 Å². The first-order chi connectivity index (χ1) is 12.0. The lowest BCUT2D eigenvalue weighted by atomic mass is 9.98. The summed E-state index contributed by atoms with van der Waals surface area (Å²) in [6.07, 6.45) is 0. The van der Waals surface area contributed by atoms with E-state index in [4.69, 9.17) is 9.26 Å². The Morgan fingerprint density at radius 3 is 2.32 bits per heavy atom. The van der Waals surface area contributed by atoms with Crippen LogP contribution in [0.4, 0.5) is 0 Å². The third kappa shape index (κ3) is 3.83. The molecule has 0 amide bonds. The number of nitrogens with zero attached hydrogens (tertiary/aromatic N) is 1. The van der Waals surface area contributed by atoms with Gasteiger partial charge in [-0.15, -0.1) is 0 Å². The van der Waals surface area contributed by atoms with E-state index in [1.807, 2.05) is 19.1 Å². The Morgan fingerprint density at radius 1 is 1.00 bits per heavy atom. The van der Waals surface area contributed by atoms with Crippen LogP contribution in [-0.4, -0.2) is 16.9 Å².